The molecule has 1 N–H and O–H groups in total. The van der Waals surface area contributed by atoms with Crippen molar-refractivity contribution in [3.63, 3.8) is 0 Å². The molecule has 3 heterocycles. The molecule has 0 saturated carbocycles. The average Bonchev–Trinajstić information content (AvgIpc) is 3.53. The fourth-order valence-corrected chi connectivity index (χ4v) is 9.30. The topological polar surface area (TPSA) is 383 Å². The molecule has 0 spiro atoms. The van der Waals surface area contributed by atoms with E-state index in [1.807, 2.05) is 0 Å². The molecule has 454 valence electrons. The lowest BCUT2D eigenvalue weighted by Crippen LogP contribution is -2.70. The van der Waals surface area contributed by atoms with Crippen LogP contribution in [0, 0.1) is 0 Å². The number of nitrogens with one attached hydrogen (secondary N) is 1. The lowest BCUT2D eigenvalue weighted by Gasteiger charge is -2.51. The minimum atomic E-state index is -2.02. The first-order valence-electron chi connectivity index (χ1n) is 25.1. The molecule has 81 heavy (non-hydrogen) atoms. The molecule has 31 nitrogen and oxygen atoms in total. The fraction of sp³-hybridized carbons (Fsp3) is 0.720. The molecule has 1 aliphatic carbocycles. The molecule has 0 aromatic heterocycles. The van der Waals surface area contributed by atoms with Gasteiger partial charge in [-0.1, -0.05) is 6.08 Å². The Labute approximate surface area is 463 Å². The highest BCUT2D eigenvalue weighted by Crippen LogP contribution is 2.39. The minimum absolute atomic E-state index is 0.0252. The van der Waals surface area contributed by atoms with Gasteiger partial charge in [-0.25, -0.2) is 0 Å². The van der Waals surface area contributed by atoms with Gasteiger partial charge in [-0.05, 0) is 6.92 Å². The van der Waals surface area contributed by atoms with Gasteiger partial charge in [0.2, 0.25) is 0 Å². The molecule has 0 aromatic rings. The van der Waals surface area contributed by atoms with Crippen molar-refractivity contribution in [3.05, 3.63) is 11.6 Å². The van der Waals surface area contributed by atoms with E-state index in [4.69, 9.17) is 85.3 Å². The molecule has 0 amide bonds. The van der Waals surface area contributed by atoms with Gasteiger partial charge in [0.25, 0.3) is 0 Å². The predicted octanol–water partition coefficient (Wildman–Crippen LogP) is -1.06. The third kappa shape index (κ3) is 19.4. The summed E-state index contributed by atoms with van der Waals surface area (Å²) in [6, 6.07) is -2.72. The van der Waals surface area contributed by atoms with Gasteiger partial charge in [-0.2, -0.15) is 0 Å². The third-order valence-electron chi connectivity index (χ3n) is 12.0. The molecule has 0 aromatic carbocycles. The Morgan fingerprint density at radius 3 is 1.15 bits per heavy atom. The number of esters is 12. The van der Waals surface area contributed by atoms with Crippen molar-refractivity contribution in [1.82, 2.24) is 5.32 Å². The standard InChI is InChI=1S/C50H69NO30/c1-19-36(51-33-15-32(16-65-20(2)52)37(69-23(5)55)42(72-26(8)58)38(33)70-24(6)56)41(71-25(7)57)45(75-29(11)61)49(68-19)80-40-35(18-67-22(4)54)79-50(47(77-31(13)63)44(40)74-28(10)60)81-39-34(17-66-21(3)53)78-48(64-14)46(76-30(12)62)43(39)73-27(9)59/h15,19,33-51H,16-18H2,1-14H3/t19-,33-,34-,35-,36-,37-,38+,39-,40-,41+,42+,43+,44+,45-,46-,47-,48-,49+,50+/m1/s1. The van der Waals surface area contributed by atoms with E-state index in [2.05, 4.69) is 5.32 Å². The summed E-state index contributed by atoms with van der Waals surface area (Å²) in [6.45, 7) is 11.7. The van der Waals surface area contributed by atoms with Gasteiger partial charge in [0.15, 0.2) is 73.8 Å². The van der Waals surface area contributed by atoms with E-state index in [1.165, 1.54) is 20.1 Å². The van der Waals surface area contributed by atoms with Crippen LogP contribution in [0.2, 0.25) is 0 Å². The first kappa shape index (κ1) is 66.6. The second kappa shape index (κ2) is 30.2. The van der Waals surface area contributed by atoms with Crippen LogP contribution in [0.5, 0.6) is 0 Å². The van der Waals surface area contributed by atoms with Crippen molar-refractivity contribution < 1.29 is 143 Å². The Balaban J connectivity index is 1.92. The van der Waals surface area contributed by atoms with Crippen LogP contribution in [0.25, 0.3) is 0 Å². The van der Waals surface area contributed by atoms with E-state index in [0.717, 1.165) is 83.1 Å². The zero-order valence-corrected chi connectivity index (χ0v) is 46.9. The predicted molar refractivity (Wildman–Crippen MR) is 257 cm³/mol. The van der Waals surface area contributed by atoms with Crippen LogP contribution in [0.4, 0.5) is 0 Å². The van der Waals surface area contributed by atoms with Crippen LogP contribution < -0.4 is 5.32 Å². The van der Waals surface area contributed by atoms with E-state index < -0.39 is 208 Å². The molecule has 0 unspecified atom stereocenters. The zero-order valence-electron chi connectivity index (χ0n) is 46.9. The summed E-state index contributed by atoms with van der Waals surface area (Å²) < 4.78 is 104. The quantitative estimate of drug-likeness (QED) is 0.0767. The van der Waals surface area contributed by atoms with E-state index in [1.54, 1.807) is 0 Å². The third-order valence-corrected chi connectivity index (χ3v) is 12.0. The van der Waals surface area contributed by atoms with Crippen molar-refractivity contribution in [2.45, 2.75) is 206 Å². The van der Waals surface area contributed by atoms with Crippen molar-refractivity contribution in [2.24, 2.45) is 0 Å². The highest BCUT2D eigenvalue weighted by Gasteiger charge is 2.60. The summed E-state index contributed by atoms with van der Waals surface area (Å²) in [5.41, 5.74) is 0.0252. The van der Waals surface area contributed by atoms with E-state index >= 15 is 0 Å². The molecule has 4 rings (SSSR count). The number of ether oxygens (including phenoxy) is 18. The van der Waals surface area contributed by atoms with Crippen LogP contribution >= 0.6 is 0 Å². The molecule has 3 fully saturated rings. The molecule has 3 saturated heterocycles. The Morgan fingerprint density at radius 2 is 0.741 bits per heavy atom. The van der Waals surface area contributed by atoms with Crippen LogP contribution in [0.3, 0.4) is 0 Å². The molecule has 31 heteroatoms. The van der Waals surface area contributed by atoms with Crippen molar-refractivity contribution in [2.75, 3.05) is 26.9 Å². The zero-order chi connectivity index (χ0) is 60.7. The normalized spacial score (nSPS) is 32.6. The van der Waals surface area contributed by atoms with Crippen molar-refractivity contribution in [1.29, 1.82) is 0 Å². The second-order valence-electron chi connectivity index (χ2n) is 18.7. The fourth-order valence-electron chi connectivity index (χ4n) is 9.30. The molecule has 0 radical (unpaired) electrons. The van der Waals surface area contributed by atoms with Crippen LogP contribution in [0.15, 0.2) is 11.6 Å². The second-order valence-corrected chi connectivity index (χ2v) is 18.7. The summed E-state index contributed by atoms with van der Waals surface area (Å²) in [5.74, 6) is -11.2. The Morgan fingerprint density at radius 1 is 0.395 bits per heavy atom. The average molecular weight is 1160 g/mol. The Bertz CT molecular complexity index is 2360. The molecule has 19 atom stereocenters. The number of carbonyl (C=O) groups excluding carboxylic acids is 12. The highest BCUT2D eigenvalue weighted by atomic mass is 16.8. The monoisotopic (exact) mass is 1160 g/mol. The van der Waals surface area contributed by atoms with Gasteiger partial charge in [-0.3, -0.25) is 62.9 Å². The SMILES string of the molecule is CO[C@@H]1O[C@H](COC(C)=O)[C@@H](O[C@@H]2O[C@H](COC(C)=O)[C@@H](O[C@@H]3O[C@H](C)[C@@H](N[C@@H]4C=C(COC(C)=O)[C@@H](OC(C)=O)[C@H](OC(C)=O)[C@H]4OC(C)=O)[C@H](OC(C)=O)[C@H]3OC(C)=O)[C@H](OC(C)=O)[C@H]2OC(C)=O)[C@H](OC(C)=O)[C@H]1OC(C)=O. The summed E-state index contributed by atoms with van der Waals surface area (Å²) in [6.07, 6.45) is -27.6. The molecule has 3 aliphatic heterocycles. The molecule has 4 aliphatic rings. The lowest BCUT2D eigenvalue weighted by atomic mass is 9.85. The van der Waals surface area contributed by atoms with E-state index in [-0.39, 0.29) is 5.57 Å². The van der Waals surface area contributed by atoms with Crippen molar-refractivity contribution >= 4 is 71.6 Å². The van der Waals surface area contributed by atoms with E-state index in [9.17, 15) is 57.5 Å². The largest absolute Gasteiger partial charge is 0.463 e. The maximum atomic E-state index is 13.2. The van der Waals surface area contributed by atoms with Gasteiger partial charge < -0.3 is 85.3 Å². The van der Waals surface area contributed by atoms with Gasteiger partial charge >= 0.3 is 71.6 Å². The Hall–Kier alpha value is -6.90. The van der Waals surface area contributed by atoms with Gasteiger partial charge in [0.1, 0.15) is 44.2 Å². The molecule has 0 bridgehead atoms. The van der Waals surface area contributed by atoms with Crippen LogP contribution in [-0.2, 0) is 143 Å². The van der Waals surface area contributed by atoms with Gasteiger partial charge in [-0.15, -0.1) is 0 Å². The number of rotatable bonds is 22. The Kier molecular flexibility index (Phi) is 24.9. The summed E-state index contributed by atoms with van der Waals surface area (Å²) in [4.78, 5) is 152. The maximum Gasteiger partial charge on any atom is 0.303 e. The summed E-state index contributed by atoms with van der Waals surface area (Å²) in [7, 11) is 1.17. The number of hydrogen-bond donors (Lipinski definition) is 1. The first-order chi connectivity index (χ1) is 37.9. The van der Waals surface area contributed by atoms with Crippen molar-refractivity contribution in [3.8, 4) is 0 Å². The van der Waals surface area contributed by atoms with E-state index in [0.29, 0.717) is 0 Å². The van der Waals surface area contributed by atoms with Crippen LogP contribution in [-0.4, -0.2) is 215 Å². The smallest absolute Gasteiger partial charge is 0.303 e. The van der Waals surface area contributed by atoms with Gasteiger partial charge in [0.05, 0.1) is 18.2 Å². The summed E-state index contributed by atoms with van der Waals surface area (Å²) in [5, 5.41) is 3.14. The molecular formula is C50H69NO30. The number of hydrogen-bond acceptors (Lipinski definition) is 31. The lowest BCUT2D eigenvalue weighted by molar-refractivity contribution is -0.375. The highest BCUT2D eigenvalue weighted by molar-refractivity contribution is 5.71. The first-order valence-corrected chi connectivity index (χ1v) is 25.1. The molecular weight excluding hydrogens is 1090 g/mol. The number of carbonyl (C=O) groups is 12. The van der Waals surface area contributed by atoms with Crippen LogP contribution in [0.1, 0.15) is 90.0 Å². The van der Waals surface area contributed by atoms with Gasteiger partial charge in [0, 0.05) is 95.8 Å². The minimum Gasteiger partial charge on any atom is -0.463 e. The number of methoxy groups -OCH3 is 1. The maximum absolute atomic E-state index is 13.2. The summed E-state index contributed by atoms with van der Waals surface area (Å²) >= 11 is 0.